The van der Waals surface area contributed by atoms with Crippen molar-refractivity contribution >= 4 is 17.4 Å². The second-order valence-electron chi connectivity index (χ2n) is 6.74. The van der Waals surface area contributed by atoms with Crippen LogP contribution in [0.25, 0.3) is 0 Å². The lowest BCUT2D eigenvalue weighted by atomic mass is 9.99. The third kappa shape index (κ3) is 3.20. The Bertz CT molecular complexity index is 549. The van der Waals surface area contributed by atoms with Gasteiger partial charge in [-0.3, -0.25) is 4.79 Å². The van der Waals surface area contributed by atoms with Crippen LogP contribution < -0.4 is 20.7 Å². The van der Waals surface area contributed by atoms with E-state index in [2.05, 4.69) is 10.3 Å². The Morgan fingerprint density at radius 2 is 2.05 bits per heavy atom. The second-order valence-corrected chi connectivity index (χ2v) is 6.74. The highest BCUT2D eigenvalue weighted by atomic mass is 16.5. The maximum Gasteiger partial charge on any atom is 0.245 e. The van der Waals surface area contributed by atoms with Crippen LogP contribution >= 0.6 is 0 Å². The molecule has 0 atom stereocenters. The first kappa shape index (κ1) is 15.4. The Labute approximate surface area is 125 Å². The minimum absolute atomic E-state index is 0.00864. The van der Waals surface area contributed by atoms with Crippen LogP contribution in [-0.4, -0.2) is 35.1 Å². The number of nitrogens with two attached hydrogens (primary N) is 1. The van der Waals surface area contributed by atoms with Crippen LogP contribution in [-0.2, 0) is 4.79 Å². The summed E-state index contributed by atoms with van der Waals surface area (Å²) < 4.78 is 5.80. The molecule has 1 aliphatic rings. The van der Waals surface area contributed by atoms with E-state index in [4.69, 9.17) is 10.5 Å². The van der Waals surface area contributed by atoms with E-state index in [9.17, 15) is 4.79 Å². The smallest absolute Gasteiger partial charge is 0.245 e. The minimum Gasteiger partial charge on any atom is -0.470 e. The predicted molar refractivity (Wildman–Crippen MR) is 83.5 cm³/mol. The van der Waals surface area contributed by atoms with E-state index in [0.717, 1.165) is 0 Å². The van der Waals surface area contributed by atoms with Gasteiger partial charge in [0.2, 0.25) is 11.8 Å². The fourth-order valence-electron chi connectivity index (χ4n) is 2.26. The van der Waals surface area contributed by atoms with Crippen LogP contribution in [0.15, 0.2) is 12.1 Å². The quantitative estimate of drug-likeness (QED) is 0.864. The molecule has 0 aliphatic carbocycles. The van der Waals surface area contributed by atoms with Crippen LogP contribution in [0.4, 0.5) is 11.5 Å². The van der Waals surface area contributed by atoms with E-state index in [1.807, 2.05) is 45.6 Å². The van der Waals surface area contributed by atoms with Crippen LogP contribution in [0.3, 0.4) is 0 Å². The summed E-state index contributed by atoms with van der Waals surface area (Å²) in [7, 11) is 0. The molecule has 6 nitrogen and oxygen atoms in total. The lowest BCUT2D eigenvalue weighted by molar-refractivity contribution is -0.126. The molecule has 0 aromatic carbocycles. The summed E-state index contributed by atoms with van der Waals surface area (Å²) in [5.74, 6) is 1.09. The van der Waals surface area contributed by atoms with Crippen molar-refractivity contribution in [1.82, 2.24) is 10.3 Å². The van der Waals surface area contributed by atoms with Gasteiger partial charge in [-0.1, -0.05) is 0 Å². The number of carbonyl (C=O) groups excluding carboxylic acids is 1. The first-order valence-corrected chi connectivity index (χ1v) is 7.13. The van der Waals surface area contributed by atoms with Gasteiger partial charge >= 0.3 is 0 Å². The van der Waals surface area contributed by atoms with E-state index >= 15 is 0 Å². The van der Waals surface area contributed by atoms with Crippen LogP contribution in [0.1, 0.15) is 34.6 Å². The van der Waals surface area contributed by atoms with Gasteiger partial charge in [0.05, 0.1) is 5.69 Å². The SMILES string of the molecule is CC(C)(C)Oc1nc(N2CCNC(=O)C2(C)C)ccc1N. The van der Waals surface area contributed by atoms with Gasteiger partial charge in [-0.05, 0) is 46.8 Å². The number of hydrogen-bond donors (Lipinski definition) is 2. The third-order valence-electron chi connectivity index (χ3n) is 3.41. The number of amides is 1. The van der Waals surface area contributed by atoms with Crippen LogP contribution in [0.5, 0.6) is 5.88 Å². The average Bonchev–Trinajstić information content (AvgIpc) is 2.34. The van der Waals surface area contributed by atoms with Crippen molar-refractivity contribution in [3.8, 4) is 5.88 Å². The van der Waals surface area contributed by atoms with Gasteiger partial charge in [0.25, 0.3) is 0 Å². The number of pyridine rings is 1. The summed E-state index contributed by atoms with van der Waals surface area (Å²) in [4.78, 5) is 18.5. The number of ether oxygens (including phenoxy) is 1. The number of nitrogen functional groups attached to an aromatic ring is 1. The molecule has 1 aliphatic heterocycles. The zero-order chi connectivity index (χ0) is 15.8. The molecule has 0 radical (unpaired) electrons. The van der Waals surface area contributed by atoms with Crippen molar-refractivity contribution in [3.05, 3.63) is 12.1 Å². The van der Waals surface area contributed by atoms with Crippen LogP contribution in [0, 0.1) is 0 Å². The molecule has 116 valence electrons. The van der Waals surface area contributed by atoms with Crippen molar-refractivity contribution in [1.29, 1.82) is 0 Å². The van der Waals surface area contributed by atoms with E-state index in [-0.39, 0.29) is 11.5 Å². The molecule has 6 heteroatoms. The number of aromatic nitrogens is 1. The summed E-state index contributed by atoms with van der Waals surface area (Å²) in [5, 5.41) is 2.87. The molecule has 1 aromatic rings. The van der Waals surface area contributed by atoms with Gasteiger partial charge in [-0.2, -0.15) is 4.98 Å². The van der Waals surface area contributed by atoms with Crippen molar-refractivity contribution in [2.45, 2.75) is 45.8 Å². The fourth-order valence-corrected chi connectivity index (χ4v) is 2.26. The van der Waals surface area contributed by atoms with Gasteiger partial charge in [0.1, 0.15) is 17.0 Å². The molecule has 0 saturated carbocycles. The molecule has 0 spiro atoms. The average molecular weight is 292 g/mol. The number of hydrogen-bond acceptors (Lipinski definition) is 5. The Morgan fingerprint density at radius 1 is 1.38 bits per heavy atom. The molecule has 1 amide bonds. The normalized spacial score (nSPS) is 18.3. The molecule has 1 aromatic heterocycles. The topological polar surface area (TPSA) is 80.5 Å². The number of nitrogens with one attached hydrogen (secondary N) is 1. The molecule has 2 heterocycles. The zero-order valence-electron chi connectivity index (χ0n) is 13.4. The third-order valence-corrected chi connectivity index (χ3v) is 3.41. The largest absolute Gasteiger partial charge is 0.470 e. The Hall–Kier alpha value is -1.98. The number of rotatable bonds is 2. The van der Waals surface area contributed by atoms with Crippen molar-refractivity contribution in [3.63, 3.8) is 0 Å². The number of nitrogens with zero attached hydrogens (tertiary/aromatic N) is 2. The summed E-state index contributed by atoms with van der Waals surface area (Å²) in [5.41, 5.74) is 5.40. The van der Waals surface area contributed by atoms with Gasteiger partial charge in [-0.25, -0.2) is 0 Å². The Morgan fingerprint density at radius 3 is 2.67 bits per heavy atom. The van der Waals surface area contributed by atoms with E-state index in [0.29, 0.717) is 30.5 Å². The maximum absolute atomic E-state index is 12.0. The first-order chi connectivity index (χ1) is 9.61. The molecule has 0 unspecified atom stereocenters. The summed E-state index contributed by atoms with van der Waals surface area (Å²) in [6.07, 6.45) is 0. The number of anilines is 2. The van der Waals surface area contributed by atoms with Gasteiger partial charge in [0.15, 0.2) is 0 Å². The van der Waals surface area contributed by atoms with Crippen LogP contribution in [0.2, 0.25) is 0 Å². The van der Waals surface area contributed by atoms with Gasteiger partial charge in [0, 0.05) is 13.1 Å². The number of carbonyl (C=O) groups is 1. The molecule has 2 rings (SSSR count). The maximum atomic E-state index is 12.0. The number of piperazine rings is 1. The second kappa shape index (κ2) is 5.09. The summed E-state index contributed by atoms with van der Waals surface area (Å²) in [6.45, 7) is 10.9. The standard InChI is InChI=1S/C15H24N4O2/c1-14(2,3)21-12-10(16)6-7-11(18-12)19-9-8-17-13(20)15(19,4)5/h6-7H,8-9,16H2,1-5H3,(H,17,20). The molecule has 1 saturated heterocycles. The first-order valence-electron chi connectivity index (χ1n) is 7.13. The van der Waals surface area contributed by atoms with Crippen molar-refractivity contribution < 1.29 is 9.53 Å². The minimum atomic E-state index is -0.652. The zero-order valence-corrected chi connectivity index (χ0v) is 13.4. The van der Waals surface area contributed by atoms with E-state index in [1.54, 1.807) is 6.07 Å². The monoisotopic (exact) mass is 292 g/mol. The van der Waals surface area contributed by atoms with E-state index in [1.165, 1.54) is 0 Å². The Kier molecular flexibility index (Phi) is 3.74. The van der Waals surface area contributed by atoms with Crippen molar-refractivity contribution in [2.75, 3.05) is 23.7 Å². The van der Waals surface area contributed by atoms with Gasteiger partial charge in [-0.15, -0.1) is 0 Å². The highest BCUT2D eigenvalue weighted by molar-refractivity contribution is 5.90. The molecule has 3 N–H and O–H groups in total. The van der Waals surface area contributed by atoms with E-state index < -0.39 is 5.54 Å². The lowest BCUT2D eigenvalue weighted by Gasteiger charge is -2.42. The molecule has 21 heavy (non-hydrogen) atoms. The summed E-state index contributed by atoms with van der Waals surface area (Å²) >= 11 is 0. The fraction of sp³-hybridized carbons (Fsp3) is 0.600. The molecule has 1 fully saturated rings. The molecule has 0 bridgehead atoms. The predicted octanol–water partition coefficient (Wildman–Crippen LogP) is 1.56. The Balaban J connectivity index is 2.36. The summed E-state index contributed by atoms with van der Waals surface area (Å²) in [6, 6.07) is 3.59. The van der Waals surface area contributed by atoms with Crippen molar-refractivity contribution in [2.24, 2.45) is 0 Å². The highest BCUT2D eigenvalue weighted by Gasteiger charge is 2.38. The van der Waals surface area contributed by atoms with Gasteiger partial charge < -0.3 is 20.7 Å². The highest BCUT2D eigenvalue weighted by Crippen LogP contribution is 2.30. The molecular weight excluding hydrogens is 268 g/mol. The lowest BCUT2D eigenvalue weighted by Crippen LogP contribution is -2.62. The molecular formula is C15H24N4O2.